The Kier molecular flexibility index (Phi) is 3.57. The lowest BCUT2D eigenvalue weighted by Crippen LogP contribution is -2.16. The number of aliphatic hydroxyl groups excluding tert-OH is 1. The van der Waals surface area contributed by atoms with Gasteiger partial charge in [0.2, 0.25) is 5.95 Å². The van der Waals surface area contributed by atoms with Crippen LogP contribution < -0.4 is 10.9 Å². The molecular formula is C14H13N5O2. The molecule has 0 aliphatic heterocycles. The maximum atomic E-state index is 11.9. The molecule has 0 fully saturated rings. The molecule has 0 radical (unpaired) electrons. The molecule has 21 heavy (non-hydrogen) atoms. The van der Waals surface area contributed by atoms with Gasteiger partial charge in [-0.3, -0.25) is 9.78 Å². The molecule has 7 heteroatoms. The van der Waals surface area contributed by atoms with E-state index in [0.29, 0.717) is 12.2 Å². The number of rotatable bonds is 4. The minimum absolute atomic E-state index is 0.0581. The normalized spacial score (nSPS) is 10.7. The van der Waals surface area contributed by atoms with Crippen molar-refractivity contribution < 1.29 is 5.11 Å². The van der Waals surface area contributed by atoms with Gasteiger partial charge >= 0.3 is 0 Å². The molecule has 0 atom stereocenters. The third kappa shape index (κ3) is 2.72. The molecule has 0 amide bonds. The Morgan fingerprint density at radius 2 is 2.00 bits per heavy atom. The number of H-pyrrole nitrogens is 1. The third-order valence-electron chi connectivity index (χ3n) is 2.89. The number of aliphatic hydroxyl groups is 1. The van der Waals surface area contributed by atoms with Crippen molar-refractivity contribution in [2.24, 2.45) is 0 Å². The number of benzene rings is 1. The second-order valence-corrected chi connectivity index (χ2v) is 4.36. The Labute approximate surface area is 119 Å². The third-order valence-corrected chi connectivity index (χ3v) is 2.89. The molecule has 2 aromatic heterocycles. The summed E-state index contributed by atoms with van der Waals surface area (Å²) >= 11 is 0. The molecule has 0 aliphatic rings. The van der Waals surface area contributed by atoms with Gasteiger partial charge in [0.15, 0.2) is 11.2 Å². The predicted molar refractivity (Wildman–Crippen MR) is 79.0 cm³/mol. The van der Waals surface area contributed by atoms with Crippen molar-refractivity contribution in [2.75, 3.05) is 18.5 Å². The van der Waals surface area contributed by atoms with E-state index in [1.165, 1.54) is 0 Å². The first kappa shape index (κ1) is 13.2. The topological polar surface area (TPSA) is 104 Å². The Hall–Kier alpha value is -2.80. The number of nitrogens with one attached hydrogen (secondary N) is 2. The van der Waals surface area contributed by atoms with E-state index in [0.717, 1.165) is 5.56 Å². The van der Waals surface area contributed by atoms with E-state index in [-0.39, 0.29) is 29.3 Å². The standard InChI is InChI=1S/C14H13N5O2/c20-7-6-15-14-18-12-11(13(21)19-14)16-8-10(17-12)9-4-2-1-3-5-9/h1-5,8,20H,6-7H2,(H2,15,17,18,19,21). The Bertz CT molecular complexity index is 816. The summed E-state index contributed by atoms with van der Waals surface area (Å²) < 4.78 is 0. The average molecular weight is 283 g/mol. The van der Waals surface area contributed by atoms with Crippen LogP contribution in [0.5, 0.6) is 0 Å². The molecule has 106 valence electrons. The highest BCUT2D eigenvalue weighted by Gasteiger charge is 2.08. The van der Waals surface area contributed by atoms with Gasteiger partial charge in [-0.2, -0.15) is 4.98 Å². The van der Waals surface area contributed by atoms with Gasteiger partial charge < -0.3 is 10.4 Å². The Morgan fingerprint density at radius 1 is 1.19 bits per heavy atom. The fraction of sp³-hybridized carbons (Fsp3) is 0.143. The molecule has 0 aliphatic carbocycles. The summed E-state index contributed by atoms with van der Waals surface area (Å²) in [5, 5.41) is 11.6. The summed E-state index contributed by atoms with van der Waals surface area (Å²) in [5.74, 6) is 0.265. The summed E-state index contributed by atoms with van der Waals surface area (Å²) in [6, 6.07) is 9.54. The molecule has 0 bridgehead atoms. The first-order valence-corrected chi connectivity index (χ1v) is 6.45. The molecule has 0 saturated heterocycles. The van der Waals surface area contributed by atoms with E-state index < -0.39 is 0 Å². The van der Waals surface area contributed by atoms with Crippen molar-refractivity contribution >= 4 is 17.1 Å². The zero-order chi connectivity index (χ0) is 14.7. The van der Waals surface area contributed by atoms with Crippen LogP contribution >= 0.6 is 0 Å². The highest BCUT2D eigenvalue weighted by Crippen LogP contribution is 2.16. The lowest BCUT2D eigenvalue weighted by Gasteiger charge is -2.05. The first-order valence-electron chi connectivity index (χ1n) is 6.45. The first-order chi connectivity index (χ1) is 10.3. The van der Waals surface area contributed by atoms with Crippen molar-refractivity contribution in [2.45, 2.75) is 0 Å². The van der Waals surface area contributed by atoms with Crippen LogP contribution in [0.2, 0.25) is 0 Å². The summed E-state index contributed by atoms with van der Waals surface area (Å²) in [4.78, 5) is 27.2. The van der Waals surface area contributed by atoms with Gasteiger partial charge in [0.1, 0.15) is 0 Å². The largest absolute Gasteiger partial charge is 0.395 e. The van der Waals surface area contributed by atoms with Crippen LogP contribution in [0, 0.1) is 0 Å². The monoisotopic (exact) mass is 283 g/mol. The molecule has 3 N–H and O–H groups in total. The summed E-state index contributed by atoms with van der Waals surface area (Å²) in [6.45, 7) is 0.234. The molecule has 7 nitrogen and oxygen atoms in total. The molecular weight excluding hydrogens is 270 g/mol. The Morgan fingerprint density at radius 3 is 2.76 bits per heavy atom. The molecule has 0 saturated carbocycles. The lowest BCUT2D eigenvalue weighted by molar-refractivity contribution is 0.311. The number of aromatic amines is 1. The van der Waals surface area contributed by atoms with Crippen molar-refractivity contribution in [1.29, 1.82) is 0 Å². The summed E-state index contributed by atoms with van der Waals surface area (Å²) in [5.41, 5.74) is 1.63. The van der Waals surface area contributed by atoms with Gasteiger partial charge in [0.05, 0.1) is 18.5 Å². The van der Waals surface area contributed by atoms with Crippen molar-refractivity contribution in [1.82, 2.24) is 19.9 Å². The van der Waals surface area contributed by atoms with Crippen molar-refractivity contribution in [3.05, 3.63) is 46.9 Å². The van der Waals surface area contributed by atoms with Crippen LogP contribution in [0.25, 0.3) is 22.4 Å². The lowest BCUT2D eigenvalue weighted by atomic mass is 10.2. The molecule has 2 heterocycles. The highest BCUT2D eigenvalue weighted by molar-refractivity contribution is 5.73. The number of aromatic nitrogens is 4. The van der Waals surface area contributed by atoms with Gasteiger partial charge in [0, 0.05) is 12.1 Å². The summed E-state index contributed by atoms with van der Waals surface area (Å²) in [7, 11) is 0. The zero-order valence-electron chi connectivity index (χ0n) is 11.1. The maximum Gasteiger partial charge on any atom is 0.280 e. The van der Waals surface area contributed by atoms with Crippen molar-refractivity contribution in [3.63, 3.8) is 0 Å². The minimum atomic E-state index is -0.368. The van der Waals surface area contributed by atoms with Crippen LogP contribution in [0.1, 0.15) is 0 Å². The van der Waals surface area contributed by atoms with E-state index >= 15 is 0 Å². The number of hydrogen-bond acceptors (Lipinski definition) is 6. The van der Waals surface area contributed by atoms with E-state index in [1.807, 2.05) is 30.3 Å². The van der Waals surface area contributed by atoms with Crippen LogP contribution in [0.4, 0.5) is 5.95 Å². The van der Waals surface area contributed by atoms with Crippen molar-refractivity contribution in [3.8, 4) is 11.3 Å². The Balaban J connectivity index is 2.09. The van der Waals surface area contributed by atoms with Gasteiger partial charge in [-0.25, -0.2) is 9.97 Å². The van der Waals surface area contributed by atoms with E-state index in [9.17, 15) is 4.79 Å². The van der Waals surface area contributed by atoms with Gasteiger partial charge in [0.25, 0.3) is 5.56 Å². The number of anilines is 1. The van der Waals surface area contributed by atoms with Crippen LogP contribution in [0.3, 0.4) is 0 Å². The molecule has 0 spiro atoms. The molecule has 1 aromatic carbocycles. The van der Waals surface area contributed by atoms with Crippen LogP contribution in [-0.2, 0) is 0 Å². The molecule has 0 unspecified atom stereocenters. The van der Waals surface area contributed by atoms with Gasteiger partial charge in [-0.15, -0.1) is 0 Å². The maximum absolute atomic E-state index is 11.9. The molecule has 3 rings (SSSR count). The van der Waals surface area contributed by atoms with Gasteiger partial charge in [-0.1, -0.05) is 30.3 Å². The number of fused-ring (bicyclic) bond motifs is 1. The second-order valence-electron chi connectivity index (χ2n) is 4.36. The quantitative estimate of drug-likeness (QED) is 0.654. The van der Waals surface area contributed by atoms with E-state index in [2.05, 4.69) is 25.3 Å². The fourth-order valence-corrected chi connectivity index (χ4v) is 1.92. The number of hydrogen-bond donors (Lipinski definition) is 3. The zero-order valence-corrected chi connectivity index (χ0v) is 11.1. The SMILES string of the molecule is O=c1[nH]c(NCCO)nc2nc(-c3ccccc3)cnc12. The van der Waals surface area contributed by atoms with E-state index in [1.54, 1.807) is 6.20 Å². The minimum Gasteiger partial charge on any atom is -0.395 e. The predicted octanol–water partition coefficient (Wildman–Crippen LogP) is 0.784. The second kappa shape index (κ2) is 5.68. The highest BCUT2D eigenvalue weighted by atomic mass is 16.3. The van der Waals surface area contributed by atoms with E-state index in [4.69, 9.17) is 5.11 Å². The summed E-state index contributed by atoms with van der Waals surface area (Å²) in [6.07, 6.45) is 1.55. The fourth-order valence-electron chi connectivity index (χ4n) is 1.92. The molecule has 3 aromatic rings. The average Bonchev–Trinajstić information content (AvgIpc) is 2.53. The number of nitrogens with zero attached hydrogens (tertiary/aromatic N) is 3. The van der Waals surface area contributed by atoms with Crippen LogP contribution in [-0.4, -0.2) is 38.2 Å². The smallest absolute Gasteiger partial charge is 0.280 e. The van der Waals surface area contributed by atoms with Gasteiger partial charge in [-0.05, 0) is 0 Å². The van der Waals surface area contributed by atoms with Crippen LogP contribution in [0.15, 0.2) is 41.3 Å².